The monoisotopic (exact) mass is 603 g/mol. The summed E-state index contributed by atoms with van der Waals surface area (Å²) in [5, 5.41) is 1.22. The Balaban J connectivity index is 1.20. The van der Waals surface area contributed by atoms with Crippen LogP contribution in [0.2, 0.25) is 0 Å². The van der Waals surface area contributed by atoms with Crippen molar-refractivity contribution < 1.29 is 4.74 Å². The number of hydrogen-bond donors (Lipinski definition) is 0. The zero-order valence-corrected chi connectivity index (χ0v) is 26.2. The molecule has 2 nitrogen and oxygen atoms in total. The smallest absolute Gasteiger partial charge is 0.118 e. The highest BCUT2D eigenvalue weighted by atomic mass is 16.5. The fourth-order valence-corrected chi connectivity index (χ4v) is 6.41. The van der Waals surface area contributed by atoms with Crippen molar-refractivity contribution in [1.82, 2.24) is 4.57 Å². The van der Waals surface area contributed by atoms with Gasteiger partial charge in [0, 0.05) is 22.8 Å². The molecule has 47 heavy (non-hydrogen) atoms. The van der Waals surface area contributed by atoms with Gasteiger partial charge < -0.3 is 9.30 Å². The van der Waals surface area contributed by atoms with Crippen LogP contribution in [0.25, 0.3) is 72.2 Å². The summed E-state index contributed by atoms with van der Waals surface area (Å²) in [4.78, 5) is 0. The van der Waals surface area contributed by atoms with E-state index >= 15 is 0 Å². The van der Waals surface area contributed by atoms with Crippen LogP contribution in [0.1, 0.15) is 0 Å². The summed E-state index contributed by atoms with van der Waals surface area (Å²) in [7, 11) is 1.70. The lowest BCUT2D eigenvalue weighted by molar-refractivity contribution is 0.415. The molecule has 0 aliphatic carbocycles. The van der Waals surface area contributed by atoms with Gasteiger partial charge in [-0.2, -0.15) is 0 Å². The van der Waals surface area contributed by atoms with Crippen LogP contribution < -0.4 is 4.74 Å². The predicted molar refractivity (Wildman–Crippen MR) is 197 cm³/mol. The quantitative estimate of drug-likeness (QED) is 0.177. The zero-order chi connectivity index (χ0) is 31.6. The molecular formula is C45H33NO. The first-order valence-corrected chi connectivity index (χ1v) is 16.0. The normalized spacial score (nSPS) is 11.1. The Labute approximate surface area is 275 Å². The van der Waals surface area contributed by atoms with E-state index in [-0.39, 0.29) is 0 Å². The third kappa shape index (κ3) is 5.62. The van der Waals surface area contributed by atoms with Gasteiger partial charge in [-0.1, -0.05) is 140 Å². The van der Waals surface area contributed by atoms with Gasteiger partial charge in [0.2, 0.25) is 0 Å². The molecule has 0 unspecified atom stereocenters. The minimum Gasteiger partial charge on any atom is -0.497 e. The van der Waals surface area contributed by atoms with E-state index in [0.29, 0.717) is 0 Å². The molecule has 0 atom stereocenters. The van der Waals surface area contributed by atoms with E-state index < -0.39 is 0 Å². The molecule has 8 rings (SSSR count). The van der Waals surface area contributed by atoms with Gasteiger partial charge in [-0.3, -0.25) is 0 Å². The molecule has 1 aromatic heterocycles. The largest absolute Gasteiger partial charge is 0.497 e. The zero-order valence-electron chi connectivity index (χ0n) is 26.2. The van der Waals surface area contributed by atoms with Crippen LogP contribution in [0.15, 0.2) is 182 Å². The Bertz CT molecular complexity index is 2260. The molecule has 224 valence electrons. The van der Waals surface area contributed by atoms with Gasteiger partial charge in [-0.05, 0) is 86.5 Å². The highest BCUT2D eigenvalue weighted by Crippen LogP contribution is 2.37. The van der Waals surface area contributed by atoms with E-state index in [9.17, 15) is 0 Å². The second kappa shape index (κ2) is 12.3. The Morgan fingerprint density at radius 3 is 1.30 bits per heavy atom. The highest BCUT2D eigenvalue weighted by Gasteiger charge is 2.14. The van der Waals surface area contributed by atoms with Crippen LogP contribution in [-0.2, 0) is 0 Å². The van der Waals surface area contributed by atoms with Gasteiger partial charge in [0.15, 0.2) is 0 Å². The number of hydrogen-bond acceptors (Lipinski definition) is 1. The van der Waals surface area contributed by atoms with Gasteiger partial charge in [-0.15, -0.1) is 0 Å². The lowest BCUT2D eigenvalue weighted by Gasteiger charge is -2.09. The van der Waals surface area contributed by atoms with Crippen molar-refractivity contribution in [1.29, 1.82) is 0 Å². The fourth-order valence-electron chi connectivity index (χ4n) is 6.41. The van der Waals surface area contributed by atoms with Gasteiger partial charge in [-0.25, -0.2) is 0 Å². The molecule has 0 spiro atoms. The maximum Gasteiger partial charge on any atom is 0.118 e. The minimum absolute atomic E-state index is 0.861. The lowest BCUT2D eigenvalue weighted by Crippen LogP contribution is -1.92. The van der Waals surface area contributed by atoms with E-state index in [1.807, 2.05) is 12.1 Å². The second-order valence-electron chi connectivity index (χ2n) is 11.8. The molecule has 0 aliphatic heterocycles. The molecule has 0 N–H and O–H groups in total. The first-order chi connectivity index (χ1) is 23.2. The minimum atomic E-state index is 0.861. The van der Waals surface area contributed by atoms with Crippen LogP contribution in [0.4, 0.5) is 0 Å². The molecule has 0 saturated heterocycles. The number of fused-ring (bicyclic) bond motifs is 1. The van der Waals surface area contributed by atoms with E-state index in [4.69, 9.17) is 4.74 Å². The summed E-state index contributed by atoms with van der Waals surface area (Å²) in [5.41, 5.74) is 14.3. The number of ether oxygens (including phenoxy) is 1. The van der Waals surface area contributed by atoms with Crippen molar-refractivity contribution in [3.8, 4) is 67.1 Å². The van der Waals surface area contributed by atoms with Crippen molar-refractivity contribution in [3.05, 3.63) is 182 Å². The van der Waals surface area contributed by atoms with Crippen LogP contribution in [0.3, 0.4) is 0 Å². The maximum atomic E-state index is 5.35. The molecule has 2 heteroatoms. The fraction of sp³-hybridized carbons (Fsp3) is 0.0222. The molecule has 0 radical (unpaired) electrons. The molecule has 1 heterocycles. The molecule has 0 saturated carbocycles. The third-order valence-corrected chi connectivity index (χ3v) is 9.00. The highest BCUT2D eigenvalue weighted by molar-refractivity contribution is 6.00. The van der Waals surface area contributed by atoms with Gasteiger partial charge in [0.1, 0.15) is 5.75 Å². The number of rotatable bonds is 7. The van der Waals surface area contributed by atoms with E-state index in [2.05, 4.69) is 175 Å². The van der Waals surface area contributed by atoms with Crippen molar-refractivity contribution in [2.24, 2.45) is 0 Å². The topological polar surface area (TPSA) is 14.2 Å². The summed E-state index contributed by atoms with van der Waals surface area (Å²) in [6, 6.07) is 62.8. The Morgan fingerprint density at radius 2 is 0.787 bits per heavy atom. The van der Waals surface area contributed by atoms with Crippen molar-refractivity contribution in [2.75, 3.05) is 7.11 Å². The van der Waals surface area contributed by atoms with E-state index in [0.717, 1.165) is 17.0 Å². The first-order valence-electron chi connectivity index (χ1n) is 16.0. The summed E-state index contributed by atoms with van der Waals surface area (Å²) < 4.78 is 7.66. The van der Waals surface area contributed by atoms with Crippen LogP contribution >= 0.6 is 0 Å². The van der Waals surface area contributed by atoms with Crippen molar-refractivity contribution in [3.63, 3.8) is 0 Å². The van der Waals surface area contributed by atoms with Gasteiger partial charge >= 0.3 is 0 Å². The number of methoxy groups -OCH3 is 1. The summed E-state index contributed by atoms with van der Waals surface area (Å²) >= 11 is 0. The first kappa shape index (κ1) is 28.4. The summed E-state index contributed by atoms with van der Waals surface area (Å²) in [5.74, 6) is 0.861. The molecule has 0 amide bonds. The van der Waals surface area contributed by atoms with Crippen LogP contribution in [0, 0.1) is 0 Å². The molecule has 0 bridgehead atoms. The average molecular weight is 604 g/mol. The number of benzene rings is 7. The molecule has 8 aromatic rings. The Hall–Kier alpha value is -6.12. The maximum absolute atomic E-state index is 5.35. The van der Waals surface area contributed by atoms with Gasteiger partial charge in [0.05, 0.1) is 12.6 Å². The van der Waals surface area contributed by atoms with Crippen molar-refractivity contribution >= 4 is 10.9 Å². The molecule has 0 aliphatic rings. The molecular weight excluding hydrogens is 571 g/mol. The van der Waals surface area contributed by atoms with Crippen LogP contribution in [-0.4, -0.2) is 11.7 Å². The Kier molecular flexibility index (Phi) is 7.45. The lowest BCUT2D eigenvalue weighted by atomic mass is 9.97. The van der Waals surface area contributed by atoms with Crippen molar-refractivity contribution in [2.45, 2.75) is 0 Å². The second-order valence-corrected chi connectivity index (χ2v) is 11.8. The van der Waals surface area contributed by atoms with E-state index in [1.165, 1.54) is 61.0 Å². The molecule has 7 aromatic carbocycles. The van der Waals surface area contributed by atoms with Gasteiger partial charge in [0.25, 0.3) is 0 Å². The average Bonchev–Trinajstić information content (AvgIpc) is 3.55. The predicted octanol–water partition coefficient (Wildman–Crippen LogP) is 12.0. The molecule has 0 fully saturated rings. The third-order valence-electron chi connectivity index (χ3n) is 9.00. The summed E-state index contributed by atoms with van der Waals surface area (Å²) in [6.07, 6.45) is 2.28. The SMILES string of the molecule is COc1ccc(-c2ccc(-n3cc(-c4ccc(-c5ccccc5)cc4)c4cc(-c5ccc(-c6ccccc6)cc5)ccc43)cc2)cc1. The Morgan fingerprint density at radius 1 is 0.383 bits per heavy atom. The van der Waals surface area contributed by atoms with Crippen LogP contribution in [0.5, 0.6) is 5.75 Å². The number of nitrogens with zero attached hydrogens (tertiary/aromatic N) is 1. The van der Waals surface area contributed by atoms with E-state index in [1.54, 1.807) is 7.11 Å². The standard InChI is InChI=1S/C45H33NO/c1-47-42-27-22-37(23-28-42)36-20-25-41(26-21-36)46-31-44(39-18-16-35(17-19-39)33-10-6-3-7-11-33)43-30-40(24-29-45(43)46)38-14-12-34(13-15-38)32-8-4-2-5-9-32/h2-31H,1H3. The number of aromatic nitrogens is 1. The summed E-state index contributed by atoms with van der Waals surface area (Å²) in [6.45, 7) is 0.